The van der Waals surface area contributed by atoms with Gasteiger partial charge in [-0.3, -0.25) is 4.79 Å². The third-order valence-electron chi connectivity index (χ3n) is 7.75. The molecule has 4 heteroatoms. The summed E-state index contributed by atoms with van der Waals surface area (Å²) in [6.45, 7) is 6.12. The minimum Gasteiger partial charge on any atom is -0.462 e. The van der Waals surface area contributed by atoms with Crippen molar-refractivity contribution in [3.63, 3.8) is 0 Å². The summed E-state index contributed by atoms with van der Waals surface area (Å²) in [7, 11) is 0. The average molecular weight is 422 g/mol. The van der Waals surface area contributed by atoms with E-state index in [2.05, 4.69) is 13.0 Å². The Labute approximate surface area is 184 Å². The van der Waals surface area contributed by atoms with E-state index in [1.165, 1.54) is 24.1 Å². The molecule has 1 aromatic carbocycles. The molecule has 2 N–H and O–H groups in total. The van der Waals surface area contributed by atoms with E-state index in [1.807, 2.05) is 44.2 Å². The van der Waals surface area contributed by atoms with Crippen molar-refractivity contribution in [3.8, 4) is 0 Å². The lowest BCUT2D eigenvalue weighted by Gasteiger charge is -2.30. The summed E-state index contributed by atoms with van der Waals surface area (Å²) < 4.78 is 19.0. The van der Waals surface area contributed by atoms with Gasteiger partial charge in [0.25, 0.3) is 0 Å². The molecule has 2 unspecified atom stereocenters. The van der Waals surface area contributed by atoms with E-state index in [0.29, 0.717) is 5.70 Å². The number of esters is 1. The number of benzene rings is 1. The number of hydrogen-bond donors (Lipinski definition) is 1. The van der Waals surface area contributed by atoms with Crippen LogP contribution in [0.1, 0.15) is 58.4 Å². The number of carbonyl (C=O) groups excluding carboxylic acids is 1. The van der Waals surface area contributed by atoms with Crippen LogP contribution in [0, 0.1) is 22.6 Å². The van der Waals surface area contributed by atoms with Crippen molar-refractivity contribution in [3.05, 3.63) is 77.3 Å². The molecule has 1 aliphatic heterocycles. The second kappa shape index (κ2) is 8.14. The zero-order valence-corrected chi connectivity index (χ0v) is 18.7. The second-order valence-corrected chi connectivity index (χ2v) is 9.41. The fourth-order valence-electron chi connectivity index (χ4n) is 5.74. The maximum absolute atomic E-state index is 13.4. The molecule has 164 valence electrons. The quantitative estimate of drug-likeness (QED) is 0.473. The van der Waals surface area contributed by atoms with Crippen LogP contribution in [0.4, 0.5) is 4.39 Å². The zero-order chi connectivity index (χ0) is 22.2. The van der Waals surface area contributed by atoms with Gasteiger partial charge in [-0.25, -0.2) is 4.39 Å². The highest BCUT2D eigenvalue weighted by Crippen LogP contribution is 2.78. The summed E-state index contributed by atoms with van der Waals surface area (Å²) in [6, 6.07) is 6.53. The molecule has 0 bridgehead atoms. The Balaban J connectivity index is 1.50. The third-order valence-corrected chi connectivity index (χ3v) is 7.75. The van der Waals surface area contributed by atoms with E-state index in [9.17, 15) is 9.18 Å². The monoisotopic (exact) mass is 421 g/mol. The lowest BCUT2D eigenvalue weighted by atomic mass is 9.71. The molecule has 4 rings (SSSR count). The SMILES string of the molecule is C\C(=C/C=C(N)/C=C/C=C1\CCCCC12CC21C(=O)O[C@H](C)[C@H]1C)c1cccc(F)c1. The molecule has 1 aromatic rings. The summed E-state index contributed by atoms with van der Waals surface area (Å²) in [6.07, 6.45) is 15.1. The van der Waals surface area contributed by atoms with Gasteiger partial charge in [0.2, 0.25) is 0 Å². The third kappa shape index (κ3) is 3.66. The van der Waals surface area contributed by atoms with Gasteiger partial charge in [-0.2, -0.15) is 0 Å². The molecule has 0 radical (unpaired) electrons. The fraction of sp³-hybridized carbons (Fsp3) is 0.444. The van der Waals surface area contributed by atoms with Crippen LogP contribution in [0.15, 0.2) is 65.9 Å². The Hall–Kier alpha value is -2.62. The van der Waals surface area contributed by atoms with E-state index in [-0.39, 0.29) is 34.6 Å². The number of fused-ring (bicyclic) bond motifs is 1. The van der Waals surface area contributed by atoms with Crippen molar-refractivity contribution in [2.45, 2.75) is 59.0 Å². The highest BCUT2D eigenvalue weighted by atomic mass is 19.1. The molecule has 4 atom stereocenters. The normalized spacial score (nSPS) is 34.8. The summed E-state index contributed by atoms with van der Waals surface area (Å²) in [5, 5.41) is 0. The van der Waals surface area contributed by atoms with Gasteiger partial charge in [-0.1, -0.05) is 49.3 Å². The highest BCUT2D eigenvalue weighted by Gasteiger charge is 2.78. The second-order valence-electron chi connectivity index (χ2n) is 9.41. The van der Waals surface area contributed by atoms with Gasteiger partial charge < -0.3 is 10.5 Å². The van der Waals surface area contributed by atoms with Gasteiger partial charge >= 0.3 is 5.97 Å². The van der Waals surface area contributed by atoms with E-state index < -0.39 is 0 Å². The van der Waals surface area contributed by atoms with Crippen LogP contribution in [-0.2, 0) is 9.53 Å². The van der Waals surface area contributed by atoms with Crippen molar-refractivity contribution in [1.82, 2.24) is 0 Å². The molecule has 2 spiro atoms. The van der Waals surface area contributed by atoms with E-state index in [0.717, 1.165) is 36.8 Å². The van der Waals surface area contributed by atoms with Crippen LogP contribution >= 0.6 is 0 Å². The maximum Gasteiger partial charge on any atom is 0.313 e. The largest absolute Gasteiger partial charge is 0.462 e. The van der Waals surface area contributed by atoms with E-state index in [4.69, 9.17) is 10.5 Å². The van der Waals surface area contributed by atoms with Crippen molar-refractivity contribution in [1.29, 1.82) is 0 Å². The van der Waals surface area contributed by atoms with Crippen LogP contribution in [-0.4, -0.2) is 12.1 Å². The number of allylic oxidation sites excluding steroid dienone is 7. The lowest BCUT2D eigenvalue weighted by Crippen LogP contribution is -2.28. The van der Waals surface area contributed by atoms with Crippen molar-refractivity contribution >= 4 is 11.5 Å². The van der Waals surface area contributed by atoms with Gasteiger partial charge in [-0.15, -0.1) is 0 Å². The topological polar surface area (TPSA) is 52.3 Å². The number of ether oxygens (including phenoxy) is 1. The van der Waals surface area contributed by atoms with Crippen molar-refractivity contribution in [2.24, 2.45) is 22.5 Å². The number of carbonyl (C=O) groups is 1. The molecule has 3 nitrogen and oxygen atoms in total. The van der Waals surface area contributed by atoms with Gasteiger partial charge in [0.05, 0.1) is 5.41 Å². The molecule has 1 heterocycles. The predicted molar refractivity (Wildman–Crippen MR) is 122 cm³/mol. The lowest BCUT2D eigenvalue weighted by molar-refractivity contribution is -0.145. The van der Waals surface area contributed by atoms with Crippen LogP contribution in [0.2, 0.25) is 0 Å². The smallest absolute Gasteiger partial charge is 0.313 e. The molecule has 31 heavy (non-hydrogen) atoms. The van der Waals surface area contributed by atoms with Crippen LogP contribution in [0.5, 0.6) is 0 Å². The first-order valence-corrected chi connectivity index (χ1v) is 11.3. The molecule has 0 aromatic heterocycles. The maximum atomic E-state index is 13.4. The summed E-state index contributed by atoms with van der Waals surface area (Å²) >= 11 is 0. The van der Waals surface area contributed by atoms with Gasteiger partial charge in [0.1, 0.15) is 11.9 Å². The first-order chi connectivity index (χ1) is 14.8. The Morgan fingerprint density at radius 2 is 2.06 bits per heavy atom. The number of hydrogen-bond acceptors (Lipinski definition) is 3. The Kier molecular flexibility index (Phi) is 5.67. The van der Waals surface area contributed by atoms with E-state index in [1.54, 1.807) is 6.07 Å². The Morgan fingerprint density at radius 1 is 1.26 bits per heavy atom. The average Bonchev–Trinajstić information content (AvgIpc) is 3.36. The first-order valence-electron chi connectivity index (χ1n) is 11.3. The summed E-state index contributed by atoms with van der Waals surface area (Å²) in [5.74, 6) is 0.0101. The number of cyclic esters (lactones) is 1. The van der Waals surface area contributed by atoms with Crippen LogP contribution in [0.3, 0.4) is 0 Å². The number of rotatable bonds is 4. The molecule has 3 aliphatic rings. The Morgan fingerprint density at radius 3 is 2.77 bits per heavy atom. The predicted octanol–water partition coefficient (Wildman–Crippen LogP) is 6.09. The van der Waals surface area contributed by atoms with Gasteiger partial charge in [0, 0.05) is 17.0 Å². The molecular formula is C27H32FNO2. The molecule has 2 saturated carbocycles. The molecule has 3 fully saturated rings. The minimum absolute atomic E-state index is 0.00153. The summed E-state index contributed by atoms with van der Waals surface area (Å²) in [4.78, 5) is 12.7. The van der Waals surface area contributed by atoms with Crippen molar-refractivity contribution in [2.75, 3.05) is 0 Å². The molecule has 2 aliphatic carbocycles. The minimum atomic E-state index is -0.321. The standard InChI is InChI=1S/C27H32FNO2/c1-18(21-8-6-11-23(28)16-21)13-14-24(29)12-7-10-22-9-4-5-15-26(22)17-27(26)19(2)20(3)31-25(27)30/h6-8,10-14,16,19-20H,4-5,9,15,17,29H2,1-3H3/b12-7+,18-13+,22-10+,24-14-/t19-,20-,26?,27?/m1/s1. The molecule has 0 amide bonds. The highest BCUT2D eigenvalue weighted by molar-refractivity contribution is 5.86. The van der Waals surface area contributed by atoms with Crippen LogP contribution in [0.25, 0.3) is 5.57 Å². The number of nitrogens with two attached hydrogens (primary N) is 1. The molecular weight excluding hydrogens is 389 g/mol. The van der Waals surface area contributed by atoms with E-state index >= 15 is 0 Å². The molecule has 1 saturated heterocycles. The van der Waals surface area contributed by atoms with Crippen LogP contribution < -0.4 is 5.73 Å². The van der Waals surface area contributed by atoms with Crippen molar-refractivity contribution < 1.29 is 13.9 Å². The van der Waals surface area contributed by atoms with Gasteiger partial charge in [-0.05, 0) is 75.0 Å². The summed E-state index contributed by atoms with van der Waals surface area (Å²) in [5.41, 5.74) is 9.60. The zero-order valence-electron chi connectivity index (χ0n) is 18.7. The number of halogens is 1. The fourth-order valence-corrected chi connectivity index (χ4v) is 5.74. The van der Waals surface area contributed by atoms with Gasteiger partial charge in [0.15, 0.2) is 0 Å². The Bertz CT molecular complexity index is 1000. The first kappa shape index (κ1) is 21.6.